The molecular weight excluding hydrogens is 328 g/mol. The second-order valence-corrected chi connectivity index (χ2v) is 8.84. The molecule has 2 aliphatic rings. The number of rotatable bonds is 2. The molecule has 5 heteroatoms. The van der Waals surface area contributed by atoms with Crippen LogP contribution in [0.4, 0.5) is 5.69 Å². The molecule has 3 atom stereocenters. The molecule has 2 bridgehead atoms. The van der Waals surface area contributed by atoms with Gasteiger partial charge in [-0.25, -0.2) is 4.98 Å². The number of nitrogens with zero attached hydrogens (tertiary/aromatic N) is 1. The van der Waals surface area contributed by atoms with Crippen LogP contribution in [0.5, 0.6) is 0 Å². The lowest BCUT2D eigenvalue weighted by molar-refractivity contribution is -0.136. The Morgan fingerprint density at radius 3 is 2.54 bits per heavy atom. The van der Waals surface area contributed by atoms with E-state index in [0.717, 1.165) is 36.0 Å². The first-order valence-corrected chi connectivity index (χ1v) is 9.57. The smallest absolute Gasteiger partial charge is 0.227 e. The molecule has 5 nitrogen and oxygen atoms in total. The monoisotopic (exact) mass is 354 g/mol. The summed E-state index contributed by atoms with van der Waals surface area (Å²) in [5, 5.41) is 3.02. The summed E-state index contributed by atoms with van der Waals surface area (Å²) in [6.07, 6.45) is 4.40. The van der Waals surface area contributed by atoms with Gasteiger partial charge in [0.05, 0.1) is 0 Å². The van der Waals surface area contributed by atoms with Crippen LogP contribution in [-0.2, 0) is 15.0 Å². The van der Waals surface area contributed by atoms with Crippen molar-refractivity contribution in [2.45, 2.75) is 58.3 Å². The first-order chi connectivity index (χ1) is 12.3. The molecular formula is C21H26N2O3. The molecule has 0 aliphatic heterocycles. The summed E-state index contributed by atoms with van der Waals surface area (Å²) in [4.78, 5) is 29.5. The molecule has 1 unspecified atom stereocenters. The minimum atomic E-state index is -0.158. The standard InChI is InChI=1S/C21H26N2O3/c1-21(2,3)20-23-16-11-15(7-8-17(16)26-20)22-19(25)14-9-12-5-4-6-13(10-14)18(12)24/h7-8,11-14H,4-6,9-10H2,1-3H3,(H,22,25)/t12-,13+,14?. The molecule has 1 amide bonds. The van der Waals surface area contributed by atoms with Crippen LogP contribution in [0.1, 0.15) is 58.8 Å². The molecule has 1 heterocycles. The van der Waals surface area contributed by atoms with E-state index < -0.39 is 0 Å². The van der Waals surface area contributed by atoms with Gasteiger partial charge in [0.2, 0.25) is 11.8 Å². The van der Waals surface area contributed by atoms with Crippen LogP contribution in [0.2, 0.25) is 0 Å². The van der Waals surface area contributed by atoms with Gasteiger partial charge >= 0.3 is 0 Å². The summed E-state index contributed by atoms with van der Waals surface area (Å²) in [6.45, 7) is 6.17. The summed E-state index contributed by atoms with van der Waals surface area (Å²) >= 11 is 0. The predicted octanol–water partition coefficient (Wildman–Crippen LogP) is 4.46. The van der Waals surface area contributed by atoms with Gasteiger partial charge in [-0.1, -0.05) is 27.2 Å². The summed E-state index contributed by atoms with van der Waals surface area (Å²) < 4.78 is 5.81. The lowest BCUT2D eigenvalue weighted by Gasteiger charge is -2.36. The topological polar surface area (TPSA) is 72.2 Å². The maximum atomic E-state index is 12.7. The van der Waals surface area contributed by atoms with Crippen molar-refractivity contribution in [3.05, 3.63) is 24.1 Å². The van der Waals surface area contributed by atoms with Gasteiger partial charge in [-0.05, 0) is 43.9 Å². The average Bonchev–Trinajstić information content (AvgIpc) is 2.98. The van der Waals surface area contributed by atoms with Crippen LogP contribution < -0.4 is 5.32 Å². The highest BCUT2D eigenvalue weighted by molar-refractivity contribution is 5.96. The molecule has 2 fully saturated rings. The highest BCUT2D eigenvalue weighted by atomic mass is 16.3. The Morgan fingerprint density at radius 2 is 1.88 bits per heavy atom. The number of carbonyl (C=O) groups is 2. The molecule has 2 aromatic rings. The van der Waals surface area contributed by atoms with Crippen molar-refractivity contribution in [2.75, 3.05) is 5.32 Å². The summed E-state index contributed by atoms with van der Waals surface area (Å²) in [5.41, 5.74) is 2.06. The third-order valence-corrected chi connectivity index (χ3v) is 5.72. The van der Waals surface area contributed by atoms with Crippen molar-refractivity contribution in [3.8, 4) is 0 Å². The Morgan fingerprint density at radius 1 is 1.19 bits per heavy atom. The van der Waals surface area contributed by atoms with E-state index >= 15 is 0 Å². The highest BCUT2D eigenvalue weighted by Crippen LogP contribution is 2.40. The third-order valence-electron chi connectivity index (χ3n) is 5.72. The highest BCUT2D eigenvalue weighted by Gasteiger charge is 2.41. The molecule has 2 aliphatic carbocycles. The van der Waals surface area contributed by atoms with E-state index in [1.807, 2.05) is 18.2 Å². The first-order valence-electron chi connectivity index (χ1n) is 9.57. The lowest BCUT2D eigenvalue weighted by Crippen LogP contribution is -2.40. The maximum absolute atomic E-state index is 12.7. The molecule has 1 N–H and O–H groups in total. The SMILES string of the molecule is CC(C)(C)c1nc2cc(NC(=O)C3C[C@H]4CCC[C@@H](C3)C4=O)ccc2o1. The Hall–Kier alpha value is -2.17. The lowest BCUT2D eigenvalue weighted by atomic mass is 9.67. The predicted molar refractivity (Wildman–Crippen MR) is 99.9 cm³/mol. The van der Waals surface area contributed by atoms with Crippen molar-refractivity contribution < 1.29 is 14.0 Å². The normalized spacial score (nSPS) is 26.1. The zero-order chi connectivity index (χ0) is 18.5. The Bertz CT molecular complexity index is 846. The number of carbonyl (C=O) groups excluding carboxylic acids is 2. The van der Waals surface area contributed by atoms with Gasteiger partial charge in [0, 0.05) is 28.9 Å². The van der Waals surface area contributed by atoms with E-state index in [1.165, 1.54) is 0 Å². The summed E-state index contributed by atoms with van der Waals surface area (Å²) in [5.74, 6) is 1.21. The number of Topliss-reactive ketones (excluding diaryl/α,β-unsaturated/α-hetero) is 1. The largest absolute Gasteiger partial charge is 0.440 e. The molecule has 0 radical (unpaired) electrons. The number of hydrogen-bond acceptors (Lipinski definition) is 4. The molecule has 138 valence electrons. The zero-order valence-electron chi connectivity index (χ0n) is 15.7. The molecule has 1 aromatic heterocycles. The van der Waals surface area contributed by atoms with Crippen LogP contribution in [0.25, 0.3) is 11.1 Å². The fraction of sp³-hybridized carbons (Fsp3) is 0.571. The van der Waals surface area contributed by atoms with Crippen molar-refractivity contribution in [3.63, 3.8) is 0 Å². The summed E-state index contributed by atoms with van der Waals surface area (Å²) in [7, 11) is 0. The second kappa shape index (κ2) is 6.22. The van der Waals surface area contributed by atoms with Crippen molar-refractivity contribution in [2.24, 2.45) is 17.8 Å². The van der Waals surface area contributed by atoms with Crippen molar-refractivity contribution in [1.29, 1.82) is 0 Å². The van der Waals surface area contributed by atoms with Crippen LogP contribution >= 0.6 is 0 Å². The average molecular weight is 354 g/mol. The maximum Gasteiger partial charge on any atom is 0.227 e. The fourth-order valence-corrected chi connectivity index (χ4v) is 4.26. The third kappa shape index (κ3) is 3.15. The van der Waals surface area contributed by atoms with E-state index in [4.69, 9.17) is 4.42 Å². The Balaban J connectivity index is 1.50. The van der Waals surface area contributed by atoms with Crippen LogP contribution in [0.3, 0.4) is 0 Å². The van der Waals surface area contributed by atoms with Crippen molar-refractivity contribution in [1.82, 2.24) is 4.98 Å². The number of oxazole rings is 1. The Kier molecular flexibility index (Phi) is 4.13. The van der Waals surface area contributed by atoms with Gasteiger partial charge in [0.1, 0.15) is 11.3 Å². The zero-order valence-corrected chi connectivity index (χ0v) is 15.7. The molecule has 0 spiro atoms. The number of ketones is 1. The van der Waals surface area contributed by atoms with E-state index in [0.29, 0.717) is 24.5 Å². The quantitative estimate of drug-likeness (QED) is 0.864. The van der Waals surface area contributed by atoms with E-state index in [-0.39, 0.29) is 29.1 Å². The molecule has 4 rings (SSSR count). The number of hydrogen-bond donors (Lipinski definition) is 1. The van der Waals surface area contributed by atoms with Gasteiger partial charge in [-0.15, -0.1) is 0 Å². The molecule has 26 heavy (non-hydrogen) atoms. The number of fused-ring (bicyclic) bond motifs is 3. The van der Waals surface area contributed by atoms with Crippen LogP contribution in [0.15, 0.2) is 22.6 Å². The molecule has 0 saturated heterocycles. The molecule has 2 saturated carbocycles. The minimum Gasteiger partial charge on any atom is -0.440 e. The number of anilines is 1. The van der Waals surface area contributed by atoms with Gasteiger partial charge in [0.15, 0.2) is 5.58 Å². The summed E-state index contributed by atoms with van der Waals surface area (Å²) in [6, 6.07) is 5.57. The van der Waals surface area contributed by atoms with Gasteiger partial charge in [0.25, 0.3) is 0 Å². The van der Waals surface area contributed by atoms with E-state index in [9.17, 15) is 9.59 Å². The number of amides is 1. The van der Waals surface area contributed by atoms with Gasteiger partial charge < -0.3 is 9.73 Å². The van der Waals surface area contributed by atoms with Crippen LogP contribution in [0, 0.1) is 17.8 Å². The first kappa shape index (κ1) is 17.3. The van der Waals surface area contributed by atoms with Crippen LogP contribution in [-0.4, -0.2) is 16.7 Å². The second-order valence-electron chi connectivity index (χ2n) is 8.84. The minimum absolute atomic E-state index is 0.0216. The van der Waals surface area contributed by atoms with Gasteiger partial charge in [-0.3, -0.25) is 9.59 Å². The number of nitrogens with one attached hydrogen (secondary N) is 1. The van der Waals surface area contributed by atoms with E-state index in [1.54, 1.807) is 0 Å². The van der Waals surface area contributed by atoms with Gasteiger partial charge in [-0.2, -0.15) is 0 Å². The molecule has 1 aromatic carbocycles. The Labute approximate surface area is 153 Å². The van der Waals surface area contributed by atoms with E-state index in [2.05, 4.69) is 31.1 Å². The van der Waals surface area contributed by atoms with Crippen molar-refractivity contribution >= 4 is 28.5 Å². The number of benzene rings is 1. The number of aromatic nitrogens is 1. The fourth-order valence-electron chi connectivity index (χ4n) is 4.26.